The molecule has 1 aromatic carbocycles. The summed E-state index contributed by atoms with van der Waals surface area (Å²) in [7, 11) is 1.67. The van der Waals surface area contributed by atoms with Crippen LogP contribution in [0.2, 0.25) is 0 Å². The van der Waals surface area contributed by atoms with Crippen molar-refractivity contribution >= 4 is 27.5 Å². The Morgan fingerprint density at radius 1 is 1.57 bits per heavy atom. The molecule has 5 heteroatoms. The monoisotopic (exact) mass is 260 g/mol. The van der Waals surface area contributed by atoms with Gasteiger partial charge in [0, 0.05) is 5.69 Å². The van der Waals surface area contributed by atoms with Gasteiger partial charge in [-0.3, -0.25) is 4.79 Å². The fourth-order valence-corrected chi connectivity index (χ4v) is 1.19. The standard InChI is InChI=1S/C9H10BrFN2O/c1-12-5-9(14)13-6-2-3-7(10)8(11)4-6/h2-4,12H,5H2,1H3,(H,13,14). The van der Waals surface area contributed by atoms with E-state index in [9.17, 15) is 9.18 Å². The first-order valence-electron chi connectivity index (χ1n) is 4.03. The number of anilines is 1. The van der Waals surface area contributed by atoms with Crippen LogP contribution in [0.4, 0.5) is 10.1 Å². The third-order valence-corrected chi connectivity index (χ3v) is 2.18. The van der Waals surface area contributed by atoms with Gasteiger partial charge in [-0.2, -0.15) is 0 Å². The molecule has 0 fully saturated rings. The molecule has 0 aliphatic carbocycles. The zero-order valence-electron chi connectivity index (χ0n) is 7.60. The van der Waals surface area contributed by atoms with Crippen molar-refractivity contribution in [3.63, 3.8) is 0 Å². The zero-order valence-corrected chi connectivity index (χ0v) is 9.19. The van der Waals surface area contributed by atoms with Gasteiger partial charge in [-0.25, -0.2) is 4.39 Å². The highest BCUT2D eigenvalue weighted by molar-refractivity contribution is 9.10. The van der Waals surface area contributed by atoms with Crippen molar-refractivity contribution < 1.29 is 9.18 Å². The Balaban J connectivity index is 2.68. The summed E-state index contributed by atoms with van der Waals surface area (Å²) in [4.78, 5) is 11.1. The molecule has 2 N–H and O–H groups in total. The Morgan fingerprint density at radius 2 is 2.29 bits per heavy atom. The number of rotatable bonds is 3. The van der Waals surface area contributed by atoms with E-state index in [1.54, 1.807) is 19.2 Å². The van der Waals surface area contributed by atoms with Gasteiger partial charge in [-0.1, -0.05) is 0 Å². The van der Waals surface area contributed by atoms with Gasteiger partial charge in [0.05, 0.1) is 11.0 Å². The maximum absolute atomic E-state index is 13.0. The van der Waals surface area contributed by atoms with Gasteiger partial charge in [-0.05, 0) is 41.2 Å². The molecule has 0 aliphatic rings. The van der Waals surface area contributed by atoms with Crippen LogP contribution in [-0.4, -0.2) is 19.5 Å². The minimum atomic E-state index is -0.396. The number of hydrogen-bond acceptors (Lipinski definition) is 2. The summed E-state index contributed by atoms with van der Waals surface area (Å²) in [5, 5.41) is 5.25. The van der Waals surface area contributed by atoms with Gasteiger partial charge in [0.15, 0.2) is 0 Å². The molecular weight excluding hydrogens is 251 g/mol. The highest BCUT2D eigenvalue weighted by Crippen LogP contribution is 2.18. The highest BCUT2D eigenvalue weighted by Gasteiger charge is 2.03. The maximum Gasteiger partial charge on any atom is 0.238 e. The SMILES string of the molecule is CNCC(=O)Nc1ccc(Br)c(F)c1. The van der Waals surface area contributed by atoms with E-state index in [2.05, 4.69) is 26.6 Å². The lowest BCUT2D eigenvalue weighted by Gasteiger charge is -2.04. The minimum absolute atomic E-state index is 0.200. The number of halogens is 2. The number of carbonyl (C=O) groups excluding carboxylic acids is 1. The van der Waals surface area contributed by atoms with Crippen molar-refractivity contribution in [3.05, 3.63) is 28.5 Å². The van der Waals surface area contributed by atoms with Gasteiger partial charge >= 0.3 is 0 Å². The smallest absolute Gasteiger partial charge is 0.238 e. The van der Waals surface area contributed by atoms with Crippen LogP contribution in [0, 0.1) is 5.82 Å². The van der Waals surface area contributed by atoms with E-state index in [1.165, 1.54) is 6.07 Å². The second kappa shape index (κ2) is 5.07. The molecule has 1 amide bonds. The number of likely N-dealkylation sites (N-methyl/N-ethyl adjacent to an activating group) is 1. The van der Waals surface area contributed by atoms with Crippen LogP contribution in [0.25, 0.3) is 0 Å². The fraction of sp³-hybridized carbons (Fsp3) is 0.222. The Labute approximate surface area is 89.8 Å². The van der Waals surface area contributed by atoms with Gasteiger partial charge in [0.1, 0.15) is 5.82 Å². The number of nitrogens with one attached hydrogen (secondary N) is 2. The van der Waals surface area contributed by atoms with E-state index >= 15 is 0 Å². The lowest BCUT2D eigenvalue weighted by atomic mass is 10.3. The highest BCUT2D eigenvalue weighted by atomic mass is 79.9. The fourth-order valence-electron chi connectivity index (χ4n) is 0.940. The molecule has 0 atom stereocenters. The Bertz CT molecular complexity index is 344. The van der Waals surface area contributed by atoms with Crippen molar-refractivity contribution in [2.24, 2.45) is 0 Å². The van der Waals surface area contributed by atoms with Crippen LogP contribution in [0.15, 0.2) is 22.7 Å². The summed E-state index contributed by atoms with van der Waals surface area (Å²) >= 11 is 3.03. The minimum Gasteiger partial charge on any atom is -0.325 e. The second-order valence-electron chi connectivity index (χ2n) is 2.71. The normalized spacial score (nSPS) is 9.93. The number of hydrogen-bond donors (Lipinski definition) is 2. The Morgan fingerprint density at radius 3 is 2.86 bits per heavy atom. The van der Waals surface area contributed by atoms with Gasteiger partial charge in [0.2, 0.25) is 5.91 Å². The molecule has 0 unspecified atom stereocenters. The molecule has 1 aromatic rings. The number of benzene rings is 1. The molecule has 0 saturated carbocycles. The van der Waals surface area contributed by atoms with E-state index in [-0.39, 0.29) is 12.5 Å². The summed E-state index contributed by atoms with van der Waals surface area (Å²) in [6.45, 7) is 0.206. The largest absolute Gasteiger partial charge is 0.325 e. The lowest BCUT2D eigenvalue weighted by Crippen LogP contribution is -2.25. The predicted octanol–water partition coefficient (Wildman–Crippen LogP) is 1.75. The molecule has 0 heterocycles. The molecule has 0 bridgehead atoms. The van der Waals surface area contributed by atoms with Crippen LogP contribution >= 0.6 is 15.9 Å². The first-order chi connectivity index (χ1) is 6.63. The van der Waals surface area contributed by atoms with Gasteiger partial charge in [-0.15, -0.1) is 0 Å². The summed E-state index contributed by atoms with van der Waals surface area (Å²) in [5.41, 5.74) is 0.450. The molecular formula is C9H10BrFN2O. The first-order valence-corrected chi connectivity index (χ1v) is 4.82. The van der Waals surface area contributed by atoms with Crippen molar-refractivity contribution in [1.29, 1.82) is 0 Å². The van der Waals surface area contributed by atoms with E-state index in [0.717, 1.165) is 0 Å². The molecule has 1 rings (SSSR count). The number of carbonyl (C=O) groups is 1. The molecule has 0 aromatic heterocycles. The van der Waals surface area contributed by atoms with Crippen molar-refractivity contribution in [2.75, 3.05) is 18.9 Å². The molecule has 0 radical (unpaired) electrons. The van der Waals surface area contributed by atoms with Crippen LogP contribution in [0.5, 0.6) is 0 Å². The Hall–Kier alpha value is -0.940. The molecule has 76 valence electrons. The second-order valence-corrected chi connectivity index (χ2v) is 3.56. The average molecular weight is 261 g/mol. The van der Waals surface area contributed by atoms with Crippen LogP contribution in [-0.2, 0) is 4.79 Å². The van der Waals surface area contributed by atoms with E-state index in [1.807, 2.05) is 0 Å². The topological polar surface area (TPSA) is 41.1 Å². The van der Waals surface area contributed by atoms with E-state index < -0.39 is 5.82 Å². The van der Waals surface area contributed by atoms with Crippen molar-refractivity contribution in [3.8, 4) is 0 Å². The molecule has 0 aliphatic heterocycles. The third-order valence-electron chi connectivity index (χ3n) is 1.54. The van der Waals surface area contributed by atoms with Crippen LogP contribution in [0.3, 0.4) is 0 Å². The van der Waals surface area contributed by atoms with Crippen LogP contribution in [0.1, 0.15) is 0 Å². The summed E-state index contributed by atoms with van der Waals surface area (Å²) < 4.78 is 13.4. The predicted molar refractivity (Wildman–Crippen MR) is 56.7 cm³/mol. The molecule has 0 saturated heterocycles. The zero-order chi connectivity index (χ0) is 10.6. The molecule has 0 spiro atoms. The number of amides is 1. The maximum atomic E-state index is 13.0. The lowest BCUT2D eigenvalue weighted by molar-refractivity contribution is -0.115. The van der Waals surface area contributed by atoms with E-state index in [4.69, 9.17) is 0 Å². The summed E-state index contributed by atoms with van der Waals surface area (Å²) in [5.74, 6) is -0.596. The molecule has 3 nitrogen and oxygen atoms in total. The van der Waals surface area contributed by atoms with Crippen LogP contribution < -0.4 is 10.6 Å². The third kappa shape index (κ3) is 3.08. The Kier molecular flexibility index (Phi) is 4.03. The van der Waals surface area contributed by atoms with Gasteiger partial charge < -0.3 is 10.6 Å². The quantitative estimate of drug-likeness (QED) is 0.870. The summed E-state index contributed by atoms with van der Waals surface area (Å²) in [6.07, 6.45) is 0. The molecule has 14 heavy (non-hydrogen) atoms. The summed E-state index contributed by atoms with van der Waals surface area (Å²) in [6, 6.07) is 4.43. The van der Waals surface area contributed by atoms with Crippen molar-refractivity contribution in [2.45, 2.75) is 0 Å². The van der Waals surface area contributed by atoms with Crippen molar-refractivity contribution in [1.82, 2.24) is 5.32 Å². The average Bonchev–Trinajstić information content (AvgIpc) is 2.12. The first kappa shape index (κ1) is 11.1. The van der Waals surface area contributed by atoms with Gasteiger partial charge in [0.25, 0.3) is 0 Å². The van der Waals surface area contributed by atoms with E-state index in [0.29, 0.717) is 10.2 Å².